The minimum atomic E-state index is -0.212. The summed E-state index contributed by atoms with van der Waals surface area (Å²) < 4.78 is 9.96. The van der Waals surface area contributed by atoms with Gasteiger partial charge in [0.05, 0.1) is 23.2 Å². The molecule has 1 N–H and O–H groups in total. The normalized spacial score (nSPS) is 11.3. The number of rotatable bonds is 4. The number of carbonyl (C=O) groups is 1. The van der Waals surface area contributed by atoms with Gasteiger partial charge in [-0.05, 0) is 41.8 Å². The first kappa shape index (κ1) is 16.0. The molecule has 4 heterocycles. The summed E-state index contributed by atoms with van der Waals surface area (Å²) in [5, 5.41) is 17.7. The molecule has 0 aliphatic rings. The molecule has 5 aromatic rings. The van der Waals surface area contributed by atoms with Crippen molar-refractivity contribution >= 4 is 45.7 Å². The number of fused-ring (bicyclic) bond motifs is 2. The van der Waals surface area contributed by atoms with E-state index in [2.05, 4.69) is 29.4 Å². The van der Waals surface area contributed by atoms with E-state index < -0.39 is 0 Å². The van der Waals surface area contributed by atoms with Crippen LogP contribution >= 0.6 is 23.1 Å². The highest BCUT2D eigenvalue weighted by Gasteiger charge is 2.12. The van der Waals surface area contributed by atoms with E-state index in [9.17, 15) is 4.79 Å². The van der Waals surface area contributed by atoms with Crippen LogP contribution in [0.5, 0.6) is 0 Å². The van der Waals surface area contributed by atoms with Gasteiger partial charge >= 0.3 is 0 Å². The van der Waals surface area contributed by atoms with Crippen molar-refractivity contribution in [3.63, 3.8) is 0 Å². The van der Waals surface area contributed by atoms with Crippen molar-refractivity contribution in [3.05, 3.63) is 59.2 Å². The summed E-state index contributed by atoms with van der Waals surface area (Å²) >= 11 is 2.74. The van der Waals surface area contributed by atoms with Gasteiger partial charge < -0.3 is 5.32 Å². The van der Waals surface area contributed by atoms with Gasteiger partial charge in [0.15, 0.2) is 11.5 Å². The van der Waals surface area contributed by atoms with Crippen LogP contribution in [0.3, 0.4) is 0 Å². The number of hydrogen-bond acceptors (Lipinski definition) is 8. The molecular weight excluding hydrogens is 382 g/mol. The van der Waals surface area contributed by atoms with E-state index >= 15 is 0 Å². The van der Waals surface area contributed by atoms with E-state index in [1.165, 1.54) is 0 Å². The minimum Gasteiger partial charge on any atom is -0.345 e. The van der Waals surface area contributed by atoms with Gasteiger partial charge in [-0.1, -0.05) is 6.07 Å². The van der Waals surface area contributed by atoms with E-state index in [1.54, 1.807) is 34.1 Å². The van der Waals surface area contributed by atoms with Gasteiger partial charge in [0, 0.05) is 5.56 Å². The summed E-state index contributed by atoms with van der Waals surface area (Å²) in [5.41, 5.74) is 3.49. The zero-order valence-corrected chi connectivity index (χ0v) is 15.4. The number of thiophene rings is 1. The van der Waals surface area contributed by atoms with Crippen LogP contribution in [0.2, 0.25) is 0 Å². The van der Waals surface area contributed by atoms with Gasteiger partial charge in [0.25, 0.3) is 5.91 Å². The fourth-order valence-corrected chi connectivity index (χ4v) is 3.89. The molecule has 1 amide bonds. The van der Waals surface area contributed by atoms with Gasteiger partial charge in [-0.3, -0.25) is 4.79 Å². The van der Waals surface area contributed by atoms with Gasteiger partial charge in [-0.2, -0.15) is 18.4 Å². The van der Waals surface area contributed by atoms with Crippen molar-refractivity contribution in [1.82, 2.24) is 33.9 Å². The molecule has 27 heavy (non-hydrogen) atoms. The smallest absolute Gasteiger partial charge is 0.251 e. The summed E-state index contributed by atoms with van der Waals surface area (Å²) in [4.78, 5) is 13.5. The summed E-state index contributed by atoms with van der Waals surface area (Å²) in [6, 6.07) is 13.0. The van der Waals surface area contributed by atoms with Gasteiger partial charge in [-0.15, -0.1) is 21.5 Å². The number of nitrogens with one attached hydrogen (secondary N) is 1. The molecule has 0 fully saturated rings. The largest absolute Gasteiger partial charge is 0.345 e. The van der Waals surface area contributed by atoms with Gasteiger partial charge in [0.2, 0.25) is 0 Å². The third-order valence-corrected chi connectivity index (χ3v) is 5.47. The fourth-order valence-electron chi connectivity index (χ4n) is 2.68. The summed E-state index contributed by atoms with van der Waals surface area (Å²) in [6.45, 7) is 0.217. The zero-order valence-electron chi connectivity index (χ0n) is 13.7. The van der Waals surface area contributed by atoms with Crippen LogP contribution in [0.4, 0.5) is 0 Å². The van der Waals surface area contributed by atoms with Crippen molar-refractivity contribution in [2.75, 3.05) is 0 Å². The third kappa shape index (κ3) is 2.94. The van der Waals surface area contributed by atoms with E-state index in [0.717, 1.165) is 27.8 Å². The quantitative estimate of drug-likeness (QED) is 0.504. The Balaban J connectivity index is 1.39. The number of hydrogen-bond donors (Lipinski definition) is 1. The summed E-state index contributed by atoms with van der Waals surface area (Å²) in [7, 11) is 0. The lowest BCUT2D eigenvalue weighted by Gasteiger charge is -2.04. The molecule has 4 aromatic heterocycles. The molecule has 132 valence electrons. The van der Waals surface area contributed by atoms with E-state index in [4.69, 9.17) is 0 Å². The Bertz CT molecular complexity index is 1260. The molecule has 0 saturated carbocycles. The molecule has 0 atom stereocenters. The standard InChI is InChI=1S/C17H11N7OS2/c25-17(10-3-4-11-13(8-10)23-27-22-11)18-9-16-20-19-15-6-5-12(21-24(15)16)14-2-1-7-26-14/h1-8H,9H2,(H,18,25). The van der Waals surface area contributed by atoms with Crippen molar-refractivity contribution < 1.29 is 4.79 Å². The maximum Gasteiger partial charge on any atom is 0.251 e. The fraction of sp³-hybridized carbons (Fsp3) is 0.0588. The molecule has 0 unspecified atom stereocenters. The van der Waals surface area contributed by atoms with Crippen LogP contribution in [0.15, 0.2) is 47.8 Å². The van der Waals surface area contributed by atoms with Crippen LogP contribution < -0.4 is 5.32 Å². The number of nitrogens with zero attached hydrogens (tertiary/aromatic N) is 6. The SMILES string of the molecule is O=C(NCc1nnc2ccc(-c3cccs3)nn12)c1ccc2nsnc2c1. The molecule has 1 aromatic carbocycles. The molecule has 0 aliphatic heterocycles. The van der Waals surface area contributed by atoms with Crippen LogP contribution in [0, 0.1) is 0 Å². The van der Waals surface area contributed by atoms with Crippen LogP contribution in [-0.2, 0) is 6.54 Å². The molecule has 8 nitrogen and oxygen atoms in total. The first-order valence-corrected chi connectivity index (χ1v) is 9.65. The number of benzene rings is 1. The number of amides is 1. The second-order valence-electron chi connectivity index (χ2n) is 5.73. The highest BCUT2D eigenvalue weighted by atomic mass is 32.1. The zero-order chi connectivity index (χ0) is 18.2. The van der Waals surface area contributed by atoms with E-state index in [0.29, 0.717) is 22.6 Å². The lowest BCUT2D eigenvalue weighted by molar-refractivity contribution is 0.0950. The molecule has 0 saturated heterocycles. The average molecular weight is 393 g/mol. The molecule has 0 aliphatic carbocycles. The monoisotopic (exact) mass is 393 g/mol. The lowest BCUT2D eigenvalue weighted by atomic mass is 10.2. The number of aromatic nitrogens is 6. The second-order valence-corrected chi connectivity index (χ2v) is 7.21. The summed E-state index contributed by atoms with van der Waals surface area (Å²) in [6.07, 6.45) is 0. The topological polar surface area (TPSA) is 98.0 Å². The highest BCUT2D eigenvalue weighted by molar-refractivity contribution is 7.13. The molecule has 0 radical (unpaired) electrons. The molecule has 5 rings (SSSR count). The Hall–Kier alpha value is -3.24. The third-order valence-electron chi connectivity index (χ3n) is 4.02. The predicted molar refractivity (Wildman–Crippen MR) is 103 cm³/mol. The Labute approximate surface area is 160 Å². The van der Waals surface area contributed by atoms with E-state index in [-0.39, 0.29) is 12.5 Å². The molecular formula is C17H11N7OS2. The maximum atomic E-state index is 12.5. The van der Waals surface area contributed by atoms with Gasteiger partial charge in [-0.25, -0.2) is 0 Å². The molecule has 0 spiro atoms. The number of carbonyl (C=O) groups excluding carboxylic acids is 1. The Morgan fingerprint density at radius 1 is 1.07 bits per heavy atom. The van der Waals surface area contributed by atoms with E-state index in [1.807, 2.05) is 29.6 Å². The molecule has 10 heteroatoms. The first-order valence-electron chi connectivity index (χ1n) is 8.04. The minimum absolute atomic E-state index is 0.212. The Morgan fingerprint density at radius 3 is 2.89 bits per heavy atom. The summed E-state index contributed by atoms with van der Waals surface area (Å²) in [5.74, 6) is 0.351. The van der Waals surface area contributed by atoms with Crippen molar-refractivity contribution in [2.45, 2.75) is 6.54 Å². The lowest BCUT2D eigenvalue weighted by Crippen LogP contribution is -2.24. The van der Waals surface area contributed by atoms with Crippen molar-refractivity contribution in [2.24, 2.45) is 0 Å². The predicted octanol–water partition coefficient (Wildman–Crippen LogP) is 2.79. The second kappa shape index (κ2) is 6.49. The van der Waals surface area contributed by atoms with Gasteiger partial charge in [0.1, 0.15) is 16.7 Å². The Kier molecular flexibility index (Phi) is 3.84. The Morgan fingerprint density at radius 2 is 2.00 bits per heavy atom. The first-order chi connectivity index (χ1) is 13.3. The molecule has 0 bridgehead atoms. The maximum absolute atomic E-state index is 12.5. The van der Waals surface area contributed by atoms with Crippen LogP contribution in [0.1, 0.15) is 16.2 Å². The van der Waals surface area contributed by atoms with Crippen molar-refractivity contribution in [1.29, 1.82) is 0 Å². The van der Waals surface area contributed by atoms with Crippen molar-refractivity contribution in [3.8, 4) is 10.6 Å². The highest BCUT2D eigenvalue weighted by Crippen LogP contribution is 2.22. The van der Waals surface area contributed by atoms with Crippen LogP contribution in [0.25, 0.3) is 27.3 Å². The van der Waals surface area contributed by atoms with Crippen LogP contribution in [-0.4, -0.2) is 34.5 Å². The average Bonchev–Trinajstić information content (AvgIpc) is 3.45.